The van der Waals surface area contributed by atoms with E-state index in [4.69, 9.17) is 0 Å². The number of hydrogen-bond donors (Lipinski definition) is 1. The van der Waals surface area contributed by atoms with Gasteiger partial charge in [-0.05, 0) is 43.9 Å². The zero-order valence-electron chi connectivity index (χ0n) is 16.6. The molecule has 0 unspecified atom stereocenters. The minimum Gasteiger partial charge on any atom is -0.349 e. The van der Waals surface area contributed by atoms with Crippen molar-refractivity contribution in [3.63, 3.8) is 0 Å². The monoisotopic (exact) mass is 409 g/mol. The predicted octanol–water partition coefficient (Wildman–Crippen LogP) is 3.23. The first kappa shape index (κ1) is 20.6. The van der Waals surface area contributed by atoms with Gasteiger partial charge in [-0.25, -0.2) is 0 Å². The molecule has 8 heteroatoms. The smallest absolute Gasteiger partial charge is 0.276 e. The molecule has 0 aliphatic rings. The molecule has 2 heterocycles. The van der Waals surface area contributed by atoms with Crippen molar-refractivity contribution in [2.45, 2.75) is 38.9 Å². The van der Waals surface area contributed by atoms with Gasteiger partial charge in [-0.3, -0.25) is 14.6 Å². The molecular weight excluding hydrogens is 386 g/mol. The van der Waals surface area contributed by atoms with Crippen LogP contribution in [-0.2, 0) is 11.3 Å². The number of rotatable bonds is 6. The molecule has 0 saturated heterocycles. The predicted molar refractivity (Wildman–Crippen MR) is 111 cm³/mol. The van der Waals surface area contributed by atoms with Crippen molar-refractivity contribution < 1.29 is 9.59 Å². The quantitative estimate of drug-likeness (QED) is 0.675. The summed E-state index contributed by atoms with van der Waals surface area (Å²) in [6, 6.07) is 12.2. The lowest BCUT2D eigenvalue weighted by Crippen LogP contribution is -2.49. The van der Waals surface area contributed by atoms with Crippen LogP contribution < -0.4 is 5.32 Å². The summed E-state index contributed by atoms with van der Waals surface area (Å²) in [5.74, 6) is -0.640. The van der Waals surface area contributed by atoms with Crippen LogP contribution in [0.1, 0.15) is 48.4 Å². The van der Waals surface area contributed by atoms with Gasteiger partial charge in [-0.15, -0.1) is 5.10 Å². The third kappa shape index (κ3) is 5.45. The normalized spacial score (nSPS) is 12.2. The Morgan fingerprint density at radius 1 is 1.14 bits per heavy atom. The number of amides is 2. The first-order chi connectivity index (χ1) is 13.8. The fraction of sp³-hybridized carbons (Fsp3) is 0.286. The fourth-order valence-corrected chi connectivity index (χ4v) is 3.34. The summed E-state index contributed by atoms with van der Waals surface area (Å²) in [5, 5.41) is 8.49. The SMILES string of the molecule is CC(C)(C)NC(=O)[C@@H](c1cccnc1)N(Cc1ccccc1)C(=O)c1csnn1. The second-order valence-corrected chi connectivity index (χ2v) is 8.25. The molecule has 0 aliphatic carbocycles. The van der Waals surface area contributed by atoms with Crippen LogP contribution >= 0.6 is 11.5 Å². The molecule has 3 aromatic rings. The van der Waals surface area contributed by atoms with Crippen molar-refractivity contribution in [3.05, 3.63) is 77.1 Å². The average Bonchev–Trinajstić information content (AvgIpc) is 3.22. The highest BCUT2D eigenvalue weighted by molar-refractivity contribution is 7.03. The van der Waals surface area contributed by atoms with E-state index in [0.717, 1.165) is 17.1 Å². The van der Waals surface area contributed by atoms with E-state index in [-0.39, 0.29) is 24.1 Å². The number of pyridine rings is 1. The summed E-state index contributed by atoms with van der Waals surface area (Å²) in [7, 11) is 0. The molecule has 1 atom stereocenters. The molecule has 0 fully saturated rings. The number of aromatic nitrogens is 3. The number of carbonyl (C=O) groups excluding carboxylic acids is 2. The van der Waals surface area contributed by atoms with Crippen molar-refractivity contribution in [2.75, 3.05) is 0 Å². The van der Waals surface area contributed by atoms with Crippen molar-refractivity contribution in [1.29, 1.82) is 0 Å². The maximum atomic E-state index is 13.3. The molecule has 2 aromatic heterocycles. The van der Waals surface area contributed by atoms with Gasteiger partial charge in [0.2, 0.25) is 5.91 Å². The van der Waals surface area contributed by atoms with Crippen LogP contribution in [0.5, 0.6) is 0 Å². The van der Waals surface area contributed by atoms with E-state index >= 15 is 0 Å². The minimum absolute atomic E-state index is 0.211. The van der Waals surface area contributed by atoms with Crippen molar-refractivity contribution in [2.24, 2.45) is 0 Å². The number of hydrogen-bond acceptors (Lipinski definition) is 6. The number of nitrogens with zero attached hydrogens (tertiary/aromatic N) is 4. The standard InChI is InChI=1S/C21H23N5O2S/c1-21(2,3)23-19(27)18(16-10-7-11-22-12-16)26(13-15-8-5-4-6-9-15)20(28)17-14-29-25-24-17/h4-12,14,18H,13H2,1-3H3,(H,23,27)/t18-/m1/s1. The molecule has 0 saturated carbocycles. The molecular formula is C21H23N5O2S. The molecule has 1 aromatic carbocycles. The third-order valence-corrected chi connectivity index (χ3v) is 4.60. The minimum atomic E-state index is -0.864. The summed E-state index contributed by atoms with van der Waals surface area (Å²) < 4.78 is 3.80. The highest BCUT2D eigenvalue weighted by Crippen LogP contribution is 2.26. The Labute approximate surface area is 174 Å². The van der Waals surface area contributed by atoms with Gasteiger partial charge in [0.15, 0.2) is 5.69 Å². The van der Waals surface area contributed by atoms with Gasteiger partial charge >= 0.3 is 0 Å². The lowest BCUT2D eigenvalue weighted by Gasteiger charge is -2.33. The van der Waals surface area contributed by atoms with Gasteiger partial charge in [-0.2, -0.15) is 0 Å². The molecule has 150 valence electrons. The van der Waals surface area contributed by atoms with E-state index in [2.05, 4.69) is 19.9 Å². The summed E-state index contributed by atoms with van der Waals surface area (Å²) in [6.45, 7) is 5.95. The second kappa shape index (κ2) is 8.91. The van der Waals surface area contributed by atoms with E-state index in [9.17, 15) is 9.59 Å². The Kier molecular flexibility index (Phi) is 6.33. The van der Waals surface area contributed by atoms with Gasteiger partial charge in [-0.1, -0.05) is 40.9 Å². The van der Waals surface area contributed by atoms with Crippen molar-refractivity contribution in [1.82, 2.24) is 24.8 Å². The van der Waals surface area contributed by atoms with E-state index in [1.807, 2.05) is 51.1 Å². The van der Waals surface area contributed by atoms with Crippen molar-refractivity contribution >= 4 is 23.3 Å². The topological polar surface area (TPSA) is 88.1 Å². The lowest BCUT2D eigenvalue weighted by atomic mass is 10.0. The Morgan fingerprint density at radius 2 is 1.90 bits per heavy atom. The van der Waals surface area contributed by atoms with Crippen LogP contribution in [0, 0.1) is 0 Å². The second-order valence-electron chi connectivity index (χ2n) is 7.64. The van der Waals surface area contributed by atoms with E-state index in [1.54, 1.807) is 29.9 Å². The Bertz CT molecular complexity index is 940. The molecule has 29 heavy (non-hydrogen) atoms. The van der Waals surface area contributed by atoms with Gasteiger partial charge in [0.05, 0.1) is 0 Å². The Hall–Kier alpha value is -3.13. The first-order valence-electron chi connectivity index (χ1n) is 9.19. The van der Waals surface area contributed by atoms with Crippen LogP contribution in [0.15, 0.2) is 60.2 Å². The molecule has 0 radical (unpaired) electrons. The van der Waals surface area contributed by atoms with Crippen LogP contribution in [-0.4, -0.2) is 36.8 Å². The average molecular weight is 410 g/mol. The summed E-state index contributed by atoms with van der Waals surface area (Å²) in [5.41, 5.74) is 1.29. The number of nitrogens with one attached hydrogen (secondary N) is 1. The molecule has 0 spiro atoms. The highest BCUT2D eigenvalue weighted by Gasteiger charge is 2.34. The van der Waals surface area contributed by atoms with Crippen molar-refractivity contribution in [3.8, 4) is 0 Å². The van der Waals surface area contributed by atoms with E-state index in [0.29, 0.717) is 5.56 Å². The third-order valence-electron chi connectivity index (χ3n) is 4.09. The number of carbonyl (C=O) groups is 2. The van der Waals surface area contributed by atoms with Crippen LogP contribution in [0.3, 0.4) is 0 Å². The first-order valence-corrected chi connectivity index (χ1v) is 10.0. The van der Waals surface area contributed by atoms with E-state index in [1.165, 1.54) is 4.90 Å². The molecule has 0 aliphatic heterocycles. The lowest BCUT2D eigenvalue weighted by molar-refractivity contribution is -0.127. The zero-order valence-corrected chi connectivity index (χ0v) is 17.4. The zero-order chi connectivity index (χ0) is 20.9. The summed E-state index contributed by atoms with van der Waals surface area (Å²) >= 11 is 1.10. The fourth-order valence-electron chi connectivity index (χ4n) is 2.91. The largest absolute Gasteiger partial charge is 0.349 e. The molecule has 3 rings (SSSR count). The summed E-state index contributed by atoms with van der Waals surface area (Å²) in [6.07, 6.45) is 3.24. The van der Waals surface area contributed by atoms with Crippen LogP contribution in [0.2, 0.25) is 0 Å². The Morgan fingerprint density at radius 3 is 2.48 bits per heavy atom. The van der Waals surface area contributed by atoms with Gasteiger partial charge in [0.1, 0.15) is 6.04 Å². The molecule has 7 nitrogen and oxygen atoms in total. The molecule has 1 N–H and O–H groups in total. The number of benzene rings is 1. The van der Waals surface area contributed by atoms with Gasteiger partial charge in [0.25, 0.3) is 5.91 Å². The molecule has 0 bridgehead atoms. The molecule has 2 amide bonds. The maximum absolute atomic E-state index is 13.3. The van der Waals surface area contributed by atoms with Crippen LogP contribution in [0.25, 0.3) is 0 Å². The van der Waals surface area contributed by atoms with Crippen LogP contribution in [0.4, 0.5) is 0 Å². The van der Waals surface area contributed by atoms with Gasteiger partial charge < -0.3 is 10.2 Å². The highest BCUT2D eigenvalue weighted by atomic mass is 32.1. The van der Waals surface area contributed by atoms with E-state index < -0.39 is 11.6 Å². The van der Waals surface area contributed by atoms with Gasteiger partial charge in [0, 0.05) is 35.4 Å². The maximum Gasteiger partial charge on any atom is 0.276 e. The summed E-state index contributed by atoms with van der Waals surface area (Å²) in [4.78, 5) is 32.3. The Balaban J connectivity index is 2.05.